The van der Waals surface area contributed by atoms with Crippen molar-refractivity contribution >= 4 is 22.6 Å². The molecule has 0 aliphatic carbocycles. The Morgan fingerprint density at radius 1 is 1.24 bits per heavy atom. The van der Waals surface area contributed by atoms with E-state index in [2.05, 4.69) is 68.5 Å². The number of hydrogen-bond acceptors (Lipinski definition) is 1. The van der Waals surface area contributed by atoms with Crippen molar-refractivity contribution in [3.05, 3.63) is 33.5 Å². The molecule has 0 aliphatic heterocycles. The van der Waals surface area contributed by atoms with Crippen LogP contribution in [-0.4, -0.2) is 11.2 Å². The molecule has 0 bridgehead atoms. The zero-order valence-corrected chi connectivity index (χ0v) is 13.7. The van der Waals surface area contributed by atoms with E-state index in [1.165, 1.54) is 5.57 Å². The van der Waals surface area contributed by atoms with Crippen LogP contribution in [0, 0.1) is 11.8 Å². The molecule has 2 heteroatoms. The number of hydrogen-bond donors (Lipinski definition) is 1. The number of rotatable bonds is 6. The summed E-state index contributed by atoms with van der Waals surface area (Å²) >= 11 is 2.21. The summed E-state index contributed by atoms with van der Waals surface area (Å²) in [7, 11) is 0. The lowest BCUT2D eigenvalue weighted by atomic mass is 9.93. The minimum atomic E-state index is -0.374. The first-order chi connectivity index (χ1) is 7.92. The Kier molecular flexibility index (Phi) is 8.88. The van der Waals surface area contributed by atoms with Gasteiger partial charge in [0.25, 0.3) is 0 Å². The first-order valence-electron chi connectivity index (χ1n) is 6.23. The lowest BCUT2D eigenvalue weighted by molar-refractivity contribution is 0.172. The molecule has 0 radical (unpaired) electrons. The molecule has 0 heterocycles. The molecule has 1 N–H and O–H groups in total. The summed E-state index contributed by atoms with van der Waals surface area (Å²) in [6.45, 7) is 10.5. The van der Waals surface area contributed by atoms with Gasteiger partial charge in [0.05, 0.1) is 6.10 Å². The second-order valence-corrected chi connectivity index (χ2v) is 5.52. The normalized spacial score (nSPS) is 19.5. The maximum absolute atomic E-state index is 10.2. The van der Waals surface area contributed by atoms with Crippen molar-refractivity contribution in [1.82, 2.24) is 0 Å². The second kappa shape index (κ2) is 8.92. The van der Waals surface area contributed by atoms with E-state index in [1.54, 1.807) is 0 Å². The average molecular weight is 348 g/mol. The Bertz CT molecular complexity index is 302. The van der Waals surface area contributed by atoms with Crippen LogP contribution in [-0.2, 0) is 0 Å². The molecule has 0 unspecified atom stereocenters. The molecule has 0 aromatic heterocycles. The molecule has 0 aromatic carbocycles. The van der Waals surface area contributed by atoms with Gasteiger partial charge >= 0.3 is 0 Å². The minimum Gasteiger partial charge on any atom is -0.388 e. The Balaban J connectivity index is 4.64. The maximum Gasteiger partial charge on any atom is 0.0807 e. The van der Waals surface area contributed by atoms with Crippen LogP contribution < -0.4 is 0 Å². The van der Waals surface area contributed by atoms with E-state index in [1.807, 2.05) is 11.0 Å². The molecule has 0 rings (SSSR count). The zero-order chi connectivity index (χ0) is 13.4. The molecular formula is C15H25IO. The molecule has 98 valence electrons. The third-order valence-corrected chi connectivity index (χ3v) is 3.37. The van der Waals surface area contributed by atoms with Crippen molar-refractivity contribution in [2.75, 3.05) is 0 Å². The van der Waals surface area contributed by atoms with Gasteiger partial charge in [0.1, 0.15) is 0 Å². The van der Waals surface area contributed by atoms with Gasteiger partial charge in [-0.2, -0.15) is 0 Å². The molecule has 0 fully saturated rings. The number of aliphatic hydroxyl groups excluding tert-OH is 1. The third-order valence-electron chi connectivity index (χ3n) is 3.01. The van der Waals surface area contributed by atoms with Gasteiger partial charge in [-0.05, 0) is 29.4 Å². The van der Waals surface area contributed by atoms with Crippen molar-refractivity contribution in [2.45, 2.75) is 47.1 Å². The summed E-state index contributed by atoms with van der Waals surface area (Å²) in [4.78, 5) is 0. The Labute approximate surface area is 120 Å². The van der Waals surface area contributed by atoms with Gasteiger partial charge in [0.15, 0.2) is 0 Å². The van der Waals surface area contributed by atoms with Crippen LogP contribution in [0.1, 0.15) is 41.0 Å². The fraction of sp³-hybridized carbons (Fsp3) is 0.600. The Morgan fingerprint density at radius 2 is 1.82 bits per heavy atom. The molecule has 0 saturated heterocycles. The van der Waals surface area contributed by atoms with Gasteiger partial charge in [-0.3, -0.25) is 0 Å². The summed E-state index contributed by atoms with van der Waals surface area (Å²) < 4.78 is 1.99. The predicted octanol–water partition coefficient (Wildman–Crippen LogP) is 4.87. The van der Waals surface area contributed by atoms with Crippen LogP contribution in [0.2, 0.25) is 0 Å². The van der Waals surface area contributed by atoms with Gasteiger partial charge in [-0.25, -0.2) is 0 Å². The smallest absolute Gasteiger partial charge is 0.0807 e. The van der Waals surface area contributed by atoms with Crippen LogP contribution in [0.5, 0.6) is 0 Å². The monoisotopic (exact) mass is 348 g/mol. The Morgan fingerprint density at radius 3 is 2.29 bits per heavy atom. The number of aliphatic hydroxyl groups is 1. The molecule has 3 atom stereocenters. The van der Waals surface area contributed by atoms with Gasteiger partial charge < -0.3 is 5.11 Å². The maximum atomic E-state index is 10.2. The summed E-state index contributed by atoms with van der Waals surface area (Å²) in [5.41, 5.74) is 2.27. The molecule has 17 heavy (non-hydrogen) atoms. The highest BCUT2D eigenvalue weighted by Gasteiger charge is 2.14. The number of allylic oxidation sites excluding steroid dienone is 3. The summed E-state index contributed by atoms with van der Waals surface area (Å²) in [5, 5.41) is 10.2. The SMILES string of the molecule is CC[C@H](C)/C=C(\C)[C@H](O)[C@H](C)/C=C(C)/C=C/I. The highest BCUT2D eigenvalue weighted by Crippen LogP contribution is 2.18. The van der Waals surface area contributed by atoms with E-state index >= 15 is 0 Å². The standard InChI is InChI=1S/C15H25IO/c1-6-11(2)9-13(4)15(17)14(5)10-12(3)7-8-16/h7-11,14-15,17H,6H2,1-5H3/b8-7+,12-10+,13-9+/t11-,14+,15-/m0/s1. The van der Waals surface area contributed by atoms with E-state index in [4.69, 9.17) is 0 Å². The van der Waals surface area contributed by atoms with Gasteiger partial charge in [0, 0.05) is 5.92 Å². The molecule has 1 nitrogen and oxygen atoms in total. The fourth-order valence-electron chi connectivity index (χ4n) is 1.74. The molecule has 0 saturated carbocycles. The van der Waals surface area contributed by atoms with Gasteiger partial charge in [-0.15, -0.1) is 0 Å². The van der Waals surface area contributed by atoms with E-state index in [0.717, 1.165) is 12.0 Å². The van der Waals surface area contributed by atoms with E-state index in [-0.39, 0.29) is 12.0 Å². The summed E-state index contributed by atoms with van der Waals surface area (Å²) in [6, 6.07) is 0. The van der Waals surface area contributed by atoms with Gasteiger partial charge in [0.2, 0.25) is 0 Å². The minimum absolute atomic E-state index is 0.155. The zero-order valence-electron chi connectivity index (χ0n) is 11.6. The topological polar surface area (TPSA) is 20.2 Å². The molecule has 0 spiro atoms. The highest BCUT2D eigenvalue weighted by atomic mass is 127. The van der Waals surface area contributed by atoms with Crippen LogP contribution in [0.4, 0.5) is 0 Å². The van der Waals surface area contributed by atoms with Crippen LogP contribution in [0.15, 0.2) is 33.5 Å². The van der Waals surface area contributed by atoms with Crippen molar-refractivity contribution in [2.24, 2.45) is 11.8 Å². The van der Waals surface area contributed by atoms with Crippen LogP contribution >= 0.6 is 22.6 Å². The molecule has 0 amide bonds. The largest absolute Gasteiger partial charge is 0.388 e. The second-order valence-electron chi connectivity index (χ2n) is 4.80. The third kappa shape index (κ3) is 7.04. The van der Waals surface area contributed by atoms with Gasteiger partial charge in [-0.1, -0.05) is 73.6 Å². The summed E-state index contributed by atoms with van der Waals surface area (Å²) in [6.07, 6.45) is 7.09. The van der Waals surface area contributed by atoms with Crippen molar-refractivity contribution in [1.29, 1.82) is 0 Å². The first-order valence-corrected chi connectivity index (χ1v) is 7.48. The molecule has 0 aliphatic rings. The quantitative estimate of drug-likeness (QED) is 0.412. The van der Waals surface area contributed by atoms with Crippen molar-refractivity contribution in [3.8, 4) is 0 Å². The highest BCUT2D eigenvalue weighted by molar-refractivity contribution is 14.1. The van der Waals surface area contributed by atoms with Crippen LogP contribution in [0.25, 0.3) is 0 Å². The average Bonchev–Trinajstić information content (AvgIpc) is 2.27. The molecule has 0 aromatic rings. The lowest BCUT2D eigenvalue weighted by Gasteiger charge is -2.18. The van der Waals surface area contributed by atoms with E-state index in [0.29, 0.717) is 5.92 Å². The first kappa shape index (κ1) is 16.9. The lowest BCUT2D eigenvalue weighted by Crippen LogP contribution is -2.18. The Hall–Kier alpha value is -0.0900. The van der Waals surface area contributed by atoms with Crippen molar-refractivity contribution in [3.63, 3.8) is 0 Å². The summed E-state index contributed by atoms with van der Waals surface area (Å²) in [5.74, 6) is 0.694. The fourth-order valence-corrected chi connectivity index (χ4v) is 2.31. The van der Waals surface area contributed by atoms with E-state index in [9.17, 15) is 5.11 Å². The van der Waals surface area contributed by atoms with Crippen molar-refractivity contribution < 1.29 is 5.11 Å². The number of halogens is 1. The van der Waals surface area contributed by atoms with Crippen LogP contribution in [0.3, 0.4) is 0 Å². The predicted molar refractivity (Wildman–Crippen MR) is 85.3 cm³/mol. The van der Waals surface area contributed by atoms with E-state index < -0.39 is 0 Å². The molecular weight excluding hydrogens is 323 g/mol.